The second-order valence-corrected chi connectivity index (χ2v) is 4.43. The van der Waals surface area contributed by atoms with Crippen molar-refractivity contribution in [1.29, 1.82) is 0 Å². The lowest BCUT2D eigenvalue weighted by Gasteiger charge is -2.15. The molecule has 1 aliphatic heterocycles. The van der Waals surface area contributed by atoms with Crippen molar-refractivity contribution in [3.05, 3.63) is 11.8 Å². The van der Waals surface area contributed by atoms with Gasteiger partial charge >= 0.3 is 11.8 Å². The maximum atomic E-state index is 9.98. The van der Waals surface area contributed by atoms with Gasteiger partial charge in [-0.05, 0) is 4.98 Å². The summed E-state index contributed by atoms with van der Waals surface area (Å²) in [5, 5.41) is 28.8. The van der Waals surface area contributed by atoms with Gasteiger partial charge in [0.1, 0.15) is 24.4 Å². The van der Waals surface area contributed by atoms with Gasteiger partial charge in [-0.3, -0.25) is 5.73 Å². The largest absolute Gasteiger partial charge is 0.469 e. The lowest BCUT2D eigenvalue weighted by Crippen LogP contribution is -2.36. The number of hydrogen-bond acceptors (Lipinski definition) is 7. The number of nitrogen functional groups attached to an aromatic ring is 1. The van der Waals surface area contributed by atoms with Crippen molar-refractivity contribution < 1.29 is 29.4 Å². The van der Waals surface area contributed by atoms with Crippen LogP contribution in [0.2, 0.25) is 0 Å². The number of aryl methyl sites for hydroxylation is 1. The van der Waals surface area contributed by atoms with Gasteiger partial charge in [-0.15, -0.1) is 0 Å². The normalized spacial score (nSPS) is 30.6. The highest BCUT2D eigenvalue weighted by Gasteiger charge is 2.45. The smallest absolute Gasteiger partial charge is 0.392 e. The highest BCUT2D eigenvalue weighted by Crippen LogP contribution is 2.36. The second-order valence-electron chi connectivity index (χ2n) is 4.43. The summed E-state index contributed by atoms with van der Waals surface area (Å²) >= 11 is 0. The van der Waals surface area contributed by atoms with Gasteiger partial charge in [0.25, 0.3) is 0 Å². The van der Waals surface area contributed by atoms with Crippen molar-refractivity contribution in [2.24, 2.45) is 7.05 Å². The van der Waals surface area contributed by atoms with E-state index in [9.17, 15) is 10.2 Å². The fraction of sp³-hybridized carbons (Fsp3) is 0.636. The van der Waals surface area contributed by atoms with Crippen LogP contribution in [0.15, 0.2) is 6.20 Å². The molecule has 0 amide bonds. The number of anilines is 1. The number of aliphatic hydroxyl groups excluding tert-OH is 3. The quantitative estimate of drug-likeness (QED) is 0.454. The first-order chi connectivity index (χ1) is 8.99. The van der Waals surface area contributed by atoms with Gasteiger partial charge < -0.3 is 24.8 Å². The molecule has 0 spiro atoms. The first-order valence-electron chi connectivity index (χ1n) is 5.82. The molecule has 8 nitrogen and oxygen atoms in total. The molecular formula is C11H18N3O5+. The molecule has 1 aromatic heterocycles. The minimum absolute atomic E-state index is 0.213. The third-order valence-corrected chi connectivity index (χ3v) is 3.20. The Morgan fingerprint density at radius 2 is 2.16 bits per heavy atom. The van der Waals surface area contributed by atoms with Gasteiger partial charge in [-0.2, -0.15) is 0 Å². The standard InChI is InChI=1S/C11H17N3O5/c1-14-3-5(10(18-2)13-11(14)12)9-8(17)7(16)6(4-15)19-9/h3,6-9,12,15-17H,4H2,1-2H3/p+1/t6-,7-,8-,9+/m1/s1. The van der Waals surface area contributed by atoms with Crippen molar-refractivity contribution in [1.82, 2.24) is 4.98 Å². The van der Waals surface area contributed by atoms with Gasteiger partial charge in [-0.25, -0.2) is 4.57 Å². The molecule has 2 rings (SSSR count). The molecular weight excluding hydrogens is 254 g/mol. The van der Waals surface area contributed by atoms with Crippen LogP contribution in [-0.2, 0) is 11.8 Å². The van der Waals surface area contributed by atoms with Crippen LogP contribution >= 0.6 is 0 Å². The molecule has 0 aliphatic carbocycles. The molecule has 8 heteroatoms. The Labute approximate surface area is 110 Å². The van der Waals surface area contributed by atoms with E-state index in [1.807, 2.05) is 0 Å². The van der Waals surface area contributed by atoms with E-state index in [0.717, 1.165) is 0 Å². The molecule has 0 aromatic carbocycles. The maximum absolute atomic E-state index is 9.98. The number of nitrogens with two attached hydrogens (primary N) is 1. The van der Waals surface area contributed by atoms with Crippen LogP contribution in [0.3, 0.4) is 0 Å². The zero-order valence-electron chi connectivity index (χ0n) is 10.7. The Morgan fingerprint density at radius 3 is 2.68 bits per heavy atom. The summed E-state index contributed by atoms with van der Waals surface area (Å²) < 4.78 is 12.1. The van der Waals surface area contributed by atoms with Crippen LogP contribution in [-0.4, -0.2) is 52.3 Å². The molecule has 1 aliphatic rings. The Kier molecular flexibility index (Phi) is 3.85. The number of aromatic nitrogens is 2. The molecule has 0 unspecified atom stereocenters. The lowest BCUT2D eigenvalue weighted by atomic mass is 10.0. The maximum Gasteiger partial charge on any atom is 0.392 e. The first kappa shape index (κ1) is 13.9. The lowest BCUT2D eigenvalue weighted by molar-refractivity contribution is -0.660. The minimum Gasteiger partial charge on any atom is -0.469 e. The summed E-state index contributed by atoms with van der Waals surface area (Å²) in [6, 6.07) is 0. The average molecular weight is 272 g/mol. The van der Waals surface area contributed by atoms with Gasteiger partial charge in [-0.1, -0.05) is 0 Å². The molecule has 2 heterocycles. The number of hydrogen-bond donors (Lipinski definition) is 4. The van der Waals surface area contributed by atoms with Crippen molar-refractivity contribution in [2.75, 3.05) is 19.5 Å². The fourth-order valence-electron chi connectivity index (χ4n) is 2.09. The summed E-state index contributed by atoms with van der Waals surface area (Å²) in [5.41, 5.74) is 6.12. The zero-order chi connectivity index (χ0) is 14.2. The van der Waals surface area contributed by atoms with Crippen LogP contribution in [0, 0.1) is 0 Å². The van der Waals surface area contributed by atoms with Crippen molar-refractivity contribution in [3.63, 3.8) is 0 Å². The summed E-state index contributed by atoms with van der Waals surface area (Å²) in [7, 11) is 3.11. The summed E-state index contributed by atoms with van der Waals surface area (Å²) in [4.78, 5) is 4.03. The van der Waals surface area contributed by atoms with Crippen LogP contribution in [0.4, 0.5) is 5.95 Å². The van der Waals surface area contributed by atoms with E-state index < -0.39 is 24.4 Å². The molecule has 0 radical (unpaired) electrons. The van der Waals surface area contributed by atoms with Gasteiger partial charge in [0.05, 0.1) is 32.5 Å². The molecule has 19 heavy (non-hydrogen) atoms. The van der Waals surface area contributed by atoms with Gasteiger partial charge in [0.15, 0.2) is 0 Å². The van der Waals surface area contributed by atoms with Crippen LogP contribution < -0.4 is 15.0 Å². The van der Waals surface area contributed by atoms with E-state index in [4.69, 9.17) is 20.3 Å². The number of aliphatic hydroxyl groups is 3. The number of nitrogens with zero attached hydrogens (tertiary/aromatic N) is 2. The third-order valence-electron chi connectivity index (χ3n) is 3.20. The molecule has 106 valence electrons. The van der Waals surface area contributed by atoms with Crippen molar-refractivity contribution >= 4 is 5.95 Å². The van der Waals surface area contributed by atoms with Gasteiger partial charge in [0, 0.05) is 0 Å². The van der Waals surface area contributed by atoms with Crippen molar-refractivity contribution in [2.45, 2.75) is 24.4 Å². The number of ether oxygens (including phenoxy) is 2. The number of methoxy groups -OCH3 is 1. The third kappa shape index (κ3) is 2.35. The highest BCUT2D eigenvalue weighted by molar-refractivity contribution is 5.30. The van der Waals surface area contributed by atoms with E-state index in [-0.39, 0.29) is 18.4 Å². The van der Waals surface area contributed by atoms with Crippen molar-refractivity contribution in [3.8, 4) is 5.88 Å². The van der Waals surface area contributed by atoms with Gasteiger partial charge in [0.2, 0.25) is 0 Å². The Morgan fingerprint density at radius 1 is 1.47 bits per heavy atom. The molecule has 1 aromatic rings. The minimum atomic E-state index is -1.17. The summed E-state index contributed by atoms with van der Waals surface area (Å²) in [5.74, 6) is 0.456. The van der Waals surface area contributed by atoms with E-state index in [1.54, 1.807) is 17.8 Å². The summed E-state index contributed by atoms with van der Waals surface area (Å²) in [6.45, 7) is -0.383. The zero-order valence-corrected chi connectivity index (χ0v) is 10.7. The Bertz CT molecular complexity index is 470. The molecule has 4 atom stereocenters. The van der Waals surface area contributed by atoms with E-state index in [1.165, 1.54) is 7.11 Å². The van der Waals surface area contributed by atoms with E-state index in [0.29, 0.717) is 5.56 Å². The Hall–Kier alpha value is -1.48. The second kappa shape index (κ2) is 5.25. The topological polar surface area (TPSA) is 122 Å². The fourth-order valence-corrected chi connectivity index (χ4v) is 2.09. The predicted octanol–water partition coefficient (Wildman–Crippen LogP) is -2.35. The van der Waals surface area contributed by atoms with Crippen LogP contribution in [0.1, 0.15) is 11.7 Å². The average Bonchev–Trinajstić information content (AvgIpc) is 2.69. The summed E-state index contributed by atoms with van der Waals surface area (Å²) in [6.07, 6.45) is -2.39. The van der Waals surface area contributed by atoms with E-state index in [2.05, 4.69) is 4.98 Å². The Balaban J connectivity index is 2.39. The molecule has 1 fully saturated rings. The first-order valence-corrected chi connectivity index (χ1v) is 5.82. The predicted molar refractivity (Wildman–Crippen MR) is 63.1 cm³/mol. The number of rotatable bonds is 3. The monoisotopic (exact) mass is 272 g/mol. The SMILES string of the molecule is COc1nc(N)[n+](C)cc1[C@@H]1O[C@H](CO)[C@@H](O)[C@H]1O. The van der Waals surface area contributed by atoms with Crippen LogP contribution in [0.5, 0.6) is 5.88 Å². The van der Waals surface area contributed by atoms with E-state index >= 15 is 0 Å². The molecule has 0 bridgehead atoms. The molecule has 1 saturated heterocycles. The highest BCUT2D eigenvalue weighted by atomic mass is 16.6. The molecule has 0 saturated carbocycles. The van der Waals surface area contributed by atoms with Crippen LogP contribution in [0.25, 0.3) is 0 Å². The molecule has 5 N–H and O–H groups in total.